The molecule has 0 aliphatic rings. The third kappa shape index (κ3) is 4.11. The van der Waals surface area contributed by atoms with Gasteiger partial charge in [-0.3, -0.25) is 0 Å². The van der Waals surface area contributed by atoms with E-state index in [1.807, 2.05) is 6.92 Å². The van der Waals surface area contributed by atoms with E-state index in [0.717, 1.165) is 0 Å². The Balaban J connectivity index is 2.55. The molecule has 0 heterocycles. The van der Waals surface area contributed by atoms with Gasteiger partial charge in [-0.2, -0.15) is 0 Å². The van der Waals surface area contributed by atoms with Gasteiger partial charge in [-0.15, -0.1) is 0 Å². The minimum Gasteiger partial charge on any atom is -0.396 e. The second kappa shape index (κ2) is 6.15. The molecule has 96 valence electrons. The molecule has 1 atom stereocenters. The van der Waals surface area contributed by atoms with Crippen molar-refractivity contribution >= 4 is 0 Å². The number of hydrogen-bond donors (Lipinski definition) is 3. The van der Waals surface area contributed by atoms with Gasteiger partial charge in [0.25, 0.3) is 0 Å². The molecule has 0 aliphatic heterocycles. The maximum absolute atomic E-state index is 9.21. The second-order valence-corrected chi connectivity index (χ2v) is 5.14. The van der Waals surface area contributed by atoms with Crippen molar-refractivity contribution in [2.45, 2.75) is 26.8 Å². The van der Waals surface area contributed by atoms with E-state index >= 15 is 0 Å². The van der Waals surface area contributed by atoms with Gasteiger partial charge in [-0.1, -0.05) is 36.8 Å². The average Bonchev–Trinajstić information content (AvgIpc) is 2.36. The maximum atomic E-state index is 9.21. The van der Waals surface area contributed by atoms with E-state index in [1.165, 1.54) is 11.1 Å². The van der Waals surface area contributed by atoms with Crippen LogP contribution in [0.4, 0.5) is 0 Å². The molecule has 3 heteroatoms. The molecule has 0 radical (unpaired) electrons. The fraction of sp³-hybridized carbons (Fsp3) is 0.571. The quantitative estimate of drug-likeness (QED) is 0.705. The van der Waals surface area contributed by atoms with Gasteiger partial charge in [-0.25, -0.2) is 0 Å². The van der Waals surface area contributed by atoms with Crippen LogP contribution in [-0.4, -0.2) is 30.0 Å². The highest BCUT2D eigenvalue weighted by atomic mass is 16.3. The first-order valence-corrected chi connectivity index (χ1v) is 6.02. The Labute approximate surface area is 103 Å². The smallest absolute Gasteiger partial charge is 0.0519 e. The summed E-state index contributed by atoms with van der Waals surface area (Å²) in [6.45, 7) is 6.57. The summed E-state index contributed by atoms with van der Waals surface area (Å²) in [7, 11) is 0. The summed E-state index contributed by atoms with van der Waals surface area (Å²) in [6, 6.07) is 8.59. The summed E-state index contributed by atoms with van der Waals surface area (Å²) < 4.78 is 0. The second-order valence-electron chi connectivity index (χ2n) is 5.14. The Kier molecular flexibility index (Phi) is 5.12. The molecule has 0 aromatic heterocycles. The summed E-state index contributed by atoms with van der Waals surface area (Å²) in [5.41, 5.74) is 2.00. The van der Waals surface area contributed by atoms with Gasteiger partial charge in [-0.05, 0) is 19.4 Å². The van der Waals surface area contributed by atoms with E-state index in [0.29, 0.717) is 6.54 Å². The molecule has 0 spiro atoms. The Morgan fingerprint density at radius 2 is 1.71 bits per heavy atom. The summed E-state index contributed by atoms with van der Waals surface area (Å²) >= 11 is 0. The van der Waals surface area contributed by atoms with Crippen molar-refractivity contribution in [2.75, 3.05) is 19.8 Å². The average molecular weight is 237 g/mol. The molecule has 0 amide bonds. The maximum Gasteiger partial charge on any atom is 0.0519 e. The SMILES string of the molecule is Cc1ccc(C(C)NCC(C)(CO)CO)cc1. The molecule has 0 bridgehead atoms. The third-order valence-corrected chi connectivity index (χ3v) is 3.18. The largest absolute Gasteiger partial charge is 0.396 e. The van der Waals surface area contributed by atoms with Crippen molar-refractivity contribution in [2.24, 2.45) is 5.41 Å². The molecule has 0 saturated heterocycles. The van der Waals surface area contributed by atoms with Crippen LogP contribution >= 0.6 is 0 Å². The first-order chi connectivity index (χ1) is 8.00. The molecule has 1 aromatic rings. The zero-order chi connectivity index (χ0) is 12.9. The molecular weight excluding hydrogens is 214 g/mol. The monoisotopic (exact) mass is 237 g/mol. The Morgan fingerprint density at radius 1 is 1.18 bits per heavy atom. The van der Waals surface area contributed by atoms with Crippen LogP contribution in [0, 0.1) is 12.3 Å². The fourth-order valence-corrected chi connectivity index (χ4v) is 1.53. The zero-order valence-electron chi connectivity index (χ0n) is 10.9. The topological polar surface area (TPSA) is 52.5 Å². The van der Waals surface area contributed by atoms with Crippen LogP contribution in [0.15, 0.2) is 24.3 Å². The van der Waals surface area contributed by atoms with E-state index < -0.39 is 5.41 Å². The van der Waals surface area contributed by atoms with Crippen LogP contribution in [-0.2, 0) is 0 Å². The van der Waals surface area contributed by atoms with E-state index in [4.69, 9.17) is 0 Å². The van der Waals surface area contributed by atoms with E-state index in [2.05, 4.69) is 43.4 Å². The van der Waals surface area contributed by atoms with Crippen molar-refractivity contribution in [1.82, 2.24) is 5.32 Å². The molecule has 1 aromatic carbocycles. The zero-order valence-corrected chi connectivity index (χ0v) is 10.9. The van der Waals surface area contributed by atoms with Crippen LogP contribution in [0.1, 0.15) is 31.0 Å². The van der Waals surface area contributed by atoms with Gasteiger partial charge >= 0.3 is 0 Å². The summed E-state index contributed by atoms with van der Waals surface area (Å²) in [6.07, 6.45) is 0. The van der Waals surface area contributed by atoms with Crippen molar-refractivity contribution in [3.63, 3.8) is 0 Å². The highest BCUT2D eigenvalue weighted by molar-refractivity contribution is 5.23. The lowest BCUT2D eigenvalue weighted by atomic mass is 9.92. The van der Waals surface area contributed by atoms with E-state index in [-0.39, 0.29) is 19.3 Å². The summed E-state index contributed by atoms with van der Waals surface area (Å²) in [5.74, 6) is 0. The number of aliphatic hydroxyl groups excluding tert-OH is 2. The molecule has 3 N–H and O–H groups in total. The number of rotatable bonds is 6. The number of nitrogens with one attached hydrogen (secondary N) is 1. The third-order valence-electron chi connectivity index (χ3n) is 3.18. The Hall–Kier alpha value is -0.900. The molecule has 3 nitrogen and oxygen atoms in total. The molecule has 1 unspecified atom stereocenters. The summed E-state index contributed by atoms with van der Waals surface area (Å²) in [5, 5.41) is 21.8. The standard InChI is InChI=1S/C14H23NO2/c1-11-4-6-13(7-5-11)12(2)15-8-14(3,9-16)10-17/h4-7,12,15-17H,8-10H2,1-3H3. The number of aliphatic hydroxyl groups is 2. The highest BCUT2D eigenvalue weighted by Gasteiger charge is 2.22. The molecule has 17 heavy (non-hydrogen) atoms. The molecular formula is C14H23NO2. The summed E-state index contributed by atoms with van der Waals surface area (Å²) in [4.78, 5) is 0. The minimum absolute atomic E-state index is 0.0167. The first-order valence-electron chi connectivity index (χ1n) is 6.02. The van der Waals surface area contributed by atoms with E-state index in [9.17, 15) is 10.2 Å². The number of benzene rings is 1. The van der Waals surface area contributed by atoms with Crippen molar-refractivity contribution in [3.05, 3.63) is 35.4 Å². The minimum atomic E-state index is -0.459. The van der Waals surface area contributed by atoms with Crippen LogP contribution in [0.5, 0.6) is 0 Å². The highest BCUT2D eigenvalue weighted by Crippen LogP contribution is 2.17. The Bertz CT molecular complexity index is 331. The van der Waals surface area contributed by atoms with Crippen molar-refractivity contribution in [3.8, 4) is 0 Å². The molecule has 0 aliphatic carbocycles. The van der Waals surface area contributed by atoms with Gasteiger partial charge in [0.1, 0.15) is 0 Å². The van der Waals surface area contributed by atoms with Gasteiger partial charge in [0.15, 0.2) is 0 Å². The van der Waals surface area contributed by atoms with E-state index in [1.54, 1.807) is 0 Å². The van der Waals surface area contributed by atoms with Gasteiger partial charge in [0, 0.05) is 18.0 Å². The lowest BCUT2D eigenvalue weighted by Crippen LogP contribution is -2.38. The Morgan fingerprint density at radius 3 is 2.18 bits per heavy atom. The van der Waals surface area contributed by atoms with Crippen LogP contribution in [0.2, 0.25) is 0 Å². The normalized spacial score (nSPS) is 13.7. The van der Waals surface area contributed by atoms with Crippen LogP contribution < -0.4 is 5.32 Å². The van der Waals surface area contributed by atoms with Crippen LogP contribution in [0.3, 0.4) is 0 Å². The molecule has 0 fully saturated rings. The van der Waals surface area contributed by atoms with Crippen molar-refractivity contribution < 1.29 is 10.2 Å². The fourth-order valence-electron chi connectivity index (χ4n) is 1.53. The lowest BCUT2D eigenvalue weighted by molar-refractivity contribution is 0.0677. The predicted molar refractivity (Wildman–Crippen MR) is 69.9 cm³/mol. The van der Waals surface area contributed by atoms with Crippen LogP contribution in [0.25, 0.3) is 0 Å². The van der Waals surface area contributed by atoms with Gasteiger partial charge < -0.3 is 15.5 Å². The van der Waals surface area contributed by atoms with Gasteiger partial charge in [0.05, 0.1) is 13.2 Å². The molecule has 1 rings (SSSR count). The first kappa shape index (κ1) is 14.2. The lowest BCUT2D eigenvalue weighted by Gasteiger charge is -2.27. The molecule has 0 saturated carbocycles. The number of hydrogen-bond acceptors (Lipinski definition) is 3. The number of aryl methyl sites for hydroxylation is 1. The predicted octanol–water partition coefficient (Wildman–Crippen LogP) is 1.64. The van der Waals surface area contributed by atoms with Crippen molar-refractivity contribution in [1.29, 1.82) is 0 Å². The van der Waals surface area contributed by atoms with Gasteiger partial charge in [0.2, 0.25) is 0 Å².